The Morgan fingerprint density at radius 2 is 1.79 bits per heavy atom. The van der Waals surface area contributed by atoms with Gasteiger partial charge in [0, 0.05) is 35.9 Å². The quantitative estimate of drug-likeness (QED) is 0.333. The number of hydrogen-bond acceptors (Lipinski definition) is 5. The van der Waals surface area contributed by atoms with E-state index in [0.29, 0.717) is 45.0 Å². The van der Waals surface area contributed by atoms with Gasteiger partial charge in [-0.3, -0.25) is 9.59 Å². The van der Waals surface area contributed by atoms with Crippen LogP contribution in [0.1, 0.15) is 16.1 Å². The minimum atomic E-state index is -0.493. The number of rotatable bonds is 9. The molecular formula is C24H22Cl2N2O5. The third kappa shape index (κ3) is 6.61. The molecule has 0 radical (unpaired) electrons. The molecule has 172 valence electrons. The van der Waals surface area contributed by atoms with Gasteiger partial charge in [-0.2, -0.15) is 0 Å². The van der Waals surface area contributed by atoms with E-state index in [2.05, 4.69) is 10.6 Å². The second-order valence-electron chi connectivity index (χ2n) is 6.82. The standard InChI is InChI=1S/C24H22Cl2N2O5/c1-31-12-11-27-24(30)21(28-23(29)15-3-6-17(32-2)7-4-15)14-18-8-10-22(33-18)19-13-16(25)5-9-20(19)26/h3-10,13-14H,11-12H2,1-2H3,(H,27,30)(H,28,29)/b21-14-. The number of benzene rings is 2. The van der Waals surface area contributed by atoms with Crippen LogP contribution in [0.25, 0.3) is 17.4 Å². The van der Waals surface area contributed by atoms with Gasteiger partial charge in [-0.15, -0.1) is 0 Å². The second kappa shape index (κ2) is 11.6. The summed E-state index contributed by atoms with van der Waals surface area (Å²) in [6.45, 7) is 0.593. The number of furan rings is 1. The van der Waals surface area contributed by atoms with Crippen LogP contribution in [0, 0.1) is 0 Å². The predicted molar refractivity (Wildman–Crippen MR) is 127 cm³/mol. The van der Waals surface area contributed by atoms with E-state index in [0.717, 1.165) is 0 Å². The highest BCUT2D eigenvalue weighted by atomic mass is 35.5. The first kappa shape index (κ1) is 24.4. The molecule has 0 atom stereocenters. The maximum absolute atomic E-state index is 12.7. The molecule has 2 aromatic carbocycles. The Hall–Kier alpha value is -3.26. The van der Waals surface area contributed by atoms with Gasteiger partial charge >= 0.3 is 0 Å². The summed E-state index contributed by atoms with van der Waals surface area (Å²) in [5.74, 6) is 0.466. The molecule has 2 amide bonds. The summed E-state index contributed by atoms with van der Waals surface area (Å²) in [4.78, 5) is 25.4. The molecule has 33 heavy (non-hydrogen) atoms. The summed E-state index contributed by atoms with van der Waals surface area (Å²) in [5, 5.41) is 6.30. The van der Waals surface area contributed by atoms with Crippen molar-refractivity contribution in [2.24, 2.45) is 0 Å². The minimum absolute atomic E-state index is 0.00464. The molecule has 0 aliphatic rings. The monoisotopic (exact) mass is 488 g/mol. The molecule has 7 nitrogen and oxygen atoms in total. The summed E-state index contributed by atoms with van der Waals surface area (Å²) in [6, 6.07) is 14.9. The van der Waals surface area contributed by atoms with Crippen molar-refractivity contribution in [1.29, 1.82) is 0 Å². The number of methoxy groups -OCH3 is 2. The molecule has 9 heteroatoms. The minimum Gasteiger partial charge on any atom is -0.497 e. The number of hydrogen-bond donors (Lipinski definition) is 2. The third-order valence-corrected chi connectivity index (χ3v) is 5.11. The number of amides is 2. The van der Waals surface area contributed by atoms with E-state index in [1.54, 1.807) is 54.6 Å². The summed E-state index contributed by atoms with van der Waals surface area (Å²) >= 11 is 12.3. The molecule has 2 N–H and O–H groups in total. The molecule has 1 aromatic heterocycles. The van der Waals surface area contributed by atoms with Crippen LogP contribution < -0.4 is 15.4 Å². The Labute approximate surface area is 201 Å². The molecule has 3 rings (SSSR count). The van der Waals surface area contributed by atoms with Crippen LogP contribution in [-0.4, -0.2) is 39.2 Å². The van der Waals surface area contributed by atoms with Crippen molar-refractivity contribution in [1.82, 2.24) is 10.6 Å². The zero-order valence-corrected chi connectivity index (χ0v) is 19.5. The van der Waals surface area contributed by atoms with E-state index in [-0.39, 0.29) is 12.2 Å². The molecule has 0 aliphatic carbocycles. The van der Waals surface area contributed by atoms with Crippen LogP contribution in [0.3, 0.4) is 0 Å². The van der Waals surface area contributed by atoms with Crippen LogP contribution in [0.2, 0.25) is 10.0 Å². The van der Waals surface area contributed by atoms with Crippen LogP contribution in [0.5, 0.6) is 5.75 Å². The van der Waals surface area contributed by atoms with E-state index in [1.807, 2.05) is 0 Å². The Balaban J connectivity index is 1.87. The first-order valence-corrected chi connectivity index (χ1v) is 10.7. The van der Waals surface area contributed by atoms with Gasteiger partial charge < -0.3 is 24.5 Å². The smallest absolute Gasteiger partial charge is 0.268 e. The Morgan fingerprint density at radius 3 is 2.48 bits per heavy atom. The van der Waals surface area contributed by atoms with Crippen molar-refractivity contribution in [2.45, 2.75) is 0 Å². The lowest BCUT2D eigenvalue weighted by Crippen LogP contribution is -2.36. The van der Waals surface area contributed by atoms with Crippen LogP contribution >= 0.6 is 23.2 Å². The molecule has 3 aromatic rings. The van der Waals surface area contributed by atoms with Gasteiger partial charge in [0.15, 0.2) is 0 Å². The van der Waals surface area contributed by atoms with Crippen LogP contribution in [0.15, 0.2) is 64.7 Å². The van der Waals surface area contributed by atoms with E-state index in [4.69, 9.17) is 37.1 Å². The van der Waals surface area contributed by atoms with Gasteiger partial charge in [-0.05, 0) is 54.6 Å². The molecule has 0 aliphatic heterocycles. The van der Waals surface area contributed by atoms with Crippen molar-refractivity contribution in [3.8, 4) is 17.1 Å². The predicted octanol–water partition coefficient (Wildman–Crippen LogP) is 4.80. The molecular weight excluding hydrogens is 467 g/mol. The zero-order valence-electron chi connectivity index (χ0n) is 18.0. The number of ether oxygens (including phenoxy) is 2. The Morgan fingerprint density at radius 1 is 1.03 bits per heavy atom. The average molecular weight is 489 g/mol. The number of nitrogens with one attached hydrogen (secondary N) is 2. The Kier molecular flexibility index (Phi) is 8.54. The van der Waals surface area contributed by atoms with Crippen molar-refractivity contribution in [2.75, 3.05) is 27.4 Å². The highest BCUT2D eigenvalue weighted by Crippen LogP contribution is 2.32. The number of carbonyl (C=O) groups excluding carboxylic acids is 2. The number of carbonyl (C=O) groups is 2. The molecule has 1 heterocycles. The average Bonchev–Trinajstić information content (AvgIpc) is 3.28. The molecule has 0 fully saturated rings. The summed E-state index contributed by atoms with van der Waals surface area (Å²) < 4.78 is 15.9. The first-order chi connectivity index (χ1) is 15.9. The summed E-state index contributed by atoms with van der Waals surface area (Å²) in [6.07, 6.45) is 1.44. The van der Waals surface area contributed by atoms with E-state index < -0.39 is 11.8 Å². The van der Waals surface area contributed by atoms with E-state index in [9.17, 15) is 9.59 Å². The fourth-order valence-corrected chi connectivity index (χ4v) is 3.24. The molecule has 0 unspecified atom stereocenters. The van der Waals surface area contributed by atoms with Crippen LogP contribution in [0.4, 0.5) is 0 Å². The van der Waals surface area contributed by atoms with Crippen molar-refractivity contribution < 1.29 is 23.5 Å². The maximum atomic E-state index is 12.7. The maximum Gasteiger partial charge on any atom is 0.268 e. The molecule has 0 saturated heterocycles. The van der Waals surface area contributed by atoms with Gasteiger partial charge in [0.25, 0.3) is 11.8 Å². The zero-order chi connectivity index (χ0) is 23.8. The van der Waals surface area contributed by atoms with Crippen molar-refractivity contribution in [3.05, 3.63) is 81.7 Å². The van der Waals surface area contributed by atoms with Gasteiger partial charge in [-0.1, -0.05) is 23.2 Å². The summed E-state index contributed by atoms with van der Waals surface area (Å²) in [7, 11) is 3.06. The number of halogens is 2. The first-order valence-electron chi connectivity index (χ1n) is 9.90. The van der Waals surface area contributed by atoms with Crippen LogP contribution in [-0.2, 0) is 9.53 Å². The fraction of sp³-hybridized carbons (Fsp3) is 0.167. The van der Waals surface area contributed by atoms with Crippen molar-refractivity contribution >= 4 is 41.1 Å². The van der Waals surface area contributed by atoms with Gasteiger partial charge in [0.05, 0.1) is 18.7 Å². The lowest BCUT2D eigenvalue weighted by Gasteiger charge is -2.11. The normalized spacial score (nSPS) is 11.2. The highest BCUT2D eigenvalue weighted by Gasteiger charge is 2.16. The largest absolute Gasteiger partial charge is 0.497 e. The van der Waals surface area contributed by atoms with Gasteiger partial charge in [0.1, 0.15) is 23.0 Å². The van der Waals surface area contributed by atoms with Gasteiger partial charge in [-0.25, -0.2) is 0 Å². The fourth-order valence-electron chi connectivity index (χ4n) is 2.86. The van der Waals surface area contributed by atoms with E-state index >= 15 is 0 Å². The molecule has 0 bridgehead atoms. The topological polar surface area (TPSA) is 89.8 Å². The Bertz CT molecular complexity index is 1160. The van der Waals surface area contributed by atoms with E-state index in [1.165, 1.54) is 20.3 Å². The highest BCUT2D eigenvalue weighted by molar-refractivity contribution is 6.35. The lowest BCUT2D eigenvalue weighted by atomic mass is 10.2. The van der Waals surface area contributed by atoms with Gasteiger partial charge in [0.2, 0.25) is 0 Å². The van der Waals surface area contributed by atoms with Crippen molar-refractivity contribution in [3.63, 3.8) is 0 Å². The third-order valence-electron chi connectivity index (χ3n) is 4.54. The SMILES string of the molecule is COCCNC(=O)/C(=C/c1ccc(-c2cc(Cl)ccc2Cl)o1)NC(=O)c1ccc(OC)cc1. The second-order valence-corrected chi connectivity index (χ2v) is 7.66. The molecule has 0 saturated carbocycles. The lowest BCUT2D eigenvalue weighted by molar-refractivity contribution is -0.117. The summed E-state index contributed by atoms with van der Waals surface area (Å²) in [5.41, 5.74) is 0.972. The molecule has 0 spiro atoms.